The summed E-state index contributed by atoms with van der Waals surface area (Å²) in [6, 6.07) is 14.9. The number of carbonyl (C=O) groups excluding carboxylic acids is 1. The zero-order chi connectivity index (χ0) is 20.1. The molecule has 0 saturated carbocycles. The molecule has 1 heterocycles. The highest BCUT2D eigenvalue weighted by Crippen LogP contribution is 2.24. The normalized spacial score (nSPS) is 12.2. The van der Waals surface area contributed by atoms with Gasteiger partial charge < -0.3 is 10.6 Å². The van der Waals surface area contributed by atoms with Crippen molar-refractivity contribution in [1.82, 2.24) is 15.5 Å². The zero-order valence-corrected chi connectivity index (χ0v) is 17.8. The number of rotatable bonds is 7. The Kier molecular flexibility index (Phi) is 7.02. The summed E-state index contributed by atoms with van der Waals surface area (Å²) >= 11 is 13.1. The Hall–Kier alpha value is -1.99. The Morgan fingerprint density at radius 2 is 1.61 bits per heavy atom. The van der Waals surface area contributed by atoms with Crippen LogP contribution in [0.25, 0.3) is 0 Å². The standard InChI is InChI=1S/C20H20Cl2N4OS/c1-12(2)18(13-3-5-14(21)6-4-13)23-11-17-25-26-20(28-17)19(27)24-16-9-7-15(22)8-10-16/h3-10,12,18,23H,11H2,1-2H3,(H,24,27). The van der Waals surface area contributed by atoms with E-state index in [1.165, 1.54) is 11.3 Å². The second-order valence-electron chi connectivity index (χ2n) is 6.62. The van der Waals surface area contributed by atoms with E-state index < -0.39 is 0 Å². The van der Waals surface area contributed by atoms with Crippen molar-refractivity contribution in [3.8, 4) is 0 Å². The molecule has 146 valence electrons. The van der Waals surface area contributed by atoms with Crippen LogP contribution in [0.5, 0.6) is 0 Å². The molecule has 0 aliphatic carbocycles. The van der Waals surface area contributed by atoms with E-state index in [0.29, 0.717) is 33.2 Å². The van der Waals surface area contributed by atoms with E-state index in [1.807, 2.05) is 24.3 Å². The SMILES string of the molecule is CC(C)C(NCc1nnc(C(=O)Nc2ccc(Cl)cc2)s1)c1ccc(Cl)cc1. The summed E-state index contributed by atoms with van der Waals surface area (Å²) in [6.45, 7) is 4.83. The van der Waals surface area contributed by atoms with Crippen molar-refractivity contribution in [2.45, 2.75) is 26.4 Å². The molecule has 0 radical (unpaired) electrons. The topological polar surface area (TPSA) is 66.9 Å². The fraction of sp³-hybridized carbons (Fsp3) is 0.250. The van der Waals surface area contributed by atoms with Gasteiger partial charge in [0.2, 0.25) is 5.01 Å². The highest BCUT2D eigenvalue weighted by Gasteiger charge is 2.18. The lowest BCUT2D eigenvalue weighted by Crippen LogP contribution is -2.25. The van der Waals surface area contributed by atoms with Gasteiger partial charge in [0.1, 0.15) is 5.01 Å². The fourth-order valence-electron chi connectivity index (χ4n) is 2.74. The highest BCUT2D eigenvalue weighted by atomic mass is 35.5. The molecule has 1 atom stereocenters. The summed E-state index contributed by atoms with van der Waals surface area (Å²) in [7, 11) is 0. The molecule has 1 aromatic heterocycles. The molecule has 5 nitrogen and oxygen atoms in total. The molecule has 2 N–H and O–H groups in total. The minimum atomic E-state index is -0.288. The van der Waals surface area contributed by atoms with Crippen LogP contribution in [0.4, 0.5) is 5.69 Å². The summed E-state index contributed by atoms with van der Waals surface area (Å²) in [5.74, 6) is 0.0888. The van der Waals surface area contributed by atoms with Gasteiger partial charge in [-0.3, -0.25) is 4.79 Å². The van der Waals surface area contributed by atoms with Crippen molar-refractivity contribution in [1.29, 1.82) is 0 Å². The van der Waals surface area contributed by atoms with E-state index in [-0.39, 0.29) is 11.9 Å². The van der Waals surface area contributed by atoms with Gasteiger partial charge in [-0.05, 0) is 47.9 Å². The number of carbonyl (C=O) groups is 1. The molecule has 8 heteroatoms. The first-order chi connectivity index (χ1) is 13.4. The molecule has 1 unspecified atom stereocenters. The van der Waals surface area contributed by atoms with Gasteiger partial charge >= 0.3 is 0 Å². The number of amides is 1. The Morgan fingerprint density at radius 1 is 1.00 bits per heavy atom. The molecular formula is C20H20Cl2N4OS. The number of anilines is 1. The molecule has 1 amide bonds. The van der Waals surface area contributed by atoms with Gasteiger partial charge in [0.05, 0.1) is 6.54 Å². The lowest BCUT2D eigenvalue weighted by molar-refractivity contribution is 0.102. The number of benzene rings is 2. The molecule has 0 aliphatic rings. The third kappa shape index (κ3) is 5.52. The van der Waals surface area contributed by atoms with Crippen molar-refractivity contribution < 1.29 is 4.79 Å². The van der Waals surface area contributed by atoms with E-state index >= 15 is 0 Å². The number of nitrogens with one attached hydrogen (secondary N) is 2. The Bertz CT molecular complexity index is 926. The lowest BCUT2D eigenvalue weighted by Gasteiger charge is -2.22. The van der Waals surface area contributed by atoms with Crippen LogP contribution in [0.3, 0.4) is 0 Å². The third-order valence-corrected chi connectivity index (χ3v) is 5.56. The molecule has 28 heavy (non-hydrogen) atoms. The average molecular weight is 435 g/mol. The molecule has 0 bridgehead atoms. The van der Waals surface area contributed by atoms with Crippen LogP contribution in [0.2, 0.25) is 10.0 Å². The summed E-state index contributed by atoms with van der Waals surface area (Å²) in [5, 5.41) is 16.8. The first-order valence-electron chi connectivity index (χ1n) is 8.80. The van der Waals surface area contributed by atoms with Gasteiger partial charge in [-0.15, -0.1) is 10.2 Å². The van der Waals surface area contributed by atoms with Crippen molar-refractivity contribution >= 4 is 46.1 Å². The van der Waals surface area contributed by atoms with Crippen LogP contribution in [0.15, 0.2) is 48.5 Å². The smallest absolute Gasteiger partial charge is 0.286 e. The Balaban J connectivity index is 1.62. The van der Waals surface area contributed by atoms with E-state index in [2.05, 4.69) is 34.7 Å². The van der Waals surface area contributed by atoms with Crippen LogP contribution < -0.4 is 10.6 Å². The fourth-order valence-corrected chi connectivity index (χ4v) is 3.68. The van der Waals surface area contributed by atoms with Crippen molar-refractivity contribution in [3.63, 3.8) is 0 Å². The lowest BCUT2D eigenvalue weighted by atomic mass is 9.96. The first kappa shape index (κ1) is 20.7. The second kappa shape index (κ2) is 9.47. The third-order valence-electron chi connectivity index (χ3n) is 4.13. The molecule has 3 aromatic rings. The average Bonchev–Trinajstić information content (AvgIpc) is 3.14. The van der Waals surface area contributed by atoms with Gasteiger partial charge in [0.25, 0.3) is 5.91 Å². The zero-order valence-electron chi connectivity index (χ0n) is 15.4. The Morgan fingerprint density at radius 3 is 2.21 bits per heavy atom. The predicted octanol–water partition coefficient (Wildman–Crippen LogP) is 5.58. The van der Waals surface area contributed by atoms with Gasteiger partial charge in [-0.1, -0.05) is 60.5 Å². The highest BCUT2D eigenvalue weighted by molar-refractivity contribution is 7.13. The van der Waals surface area contributed by atoms with Gasteiger partial charge in [-0.2, -0.15) is 0 Å². The van der Waals surface area contributed by atoms with Crippen molar-refractivity contribution in [3.05, 3.63) is 74.2 Å². The van der Waals surface area contributed by atoms with Crippen LogP contribution in [0.1, 0.15) is 40.3 Å². The quantitative estimate of drug-likeness (QED) is 0.508. The maximum Gasteiger partial charge on any atom is 0.286 e. The molecule has 3 rings (SSSR count). The number of hydrogen-bond donors (Lipinski definition) is 2. The summed E-state index contributed by atoms with van der Waals surface area (Å²) in [5.41, 5.74) is 1.82. The molecule has 0 fully saturated rings. The monoisotopic (exact) mass is 434 g/mol. The largest absolute Gasteiger partial charge is 0.320 e. The van der Waals surface area contributed by atoms with Crippen LogP contribution in [-0.2, 0) is 6.54 Å². The van der Waals surface area contributed by atoms with E-state index in [9.17, 15) is 4.79 Å². The Labute approximate surface area is 178 Å². The van der Waals surface area contributed by atoms with E-state index in [0.717, 1.165) is 10.6 Å². The molecule has 2 aromatic carbocycles. The van der Waals surface area contributed by atoms with E-state index in [1.54, 1.807) is 24.3 Å². The number of hydrogen-bond acceptors (Lipinski definition) is 5. The van der Waals surface area contributed by atoms with Crippen molar-refractivity contribution in [2.24, 2.45) is 5.92 Å². The predicted molar refractivity (Wildman–Crippen MR) is 115 cm³/mol. The van der Waals surface area contributed by atoms with Crippen LogP contribution in [-0.4, -0.2) is 16.1 Å². The molecular weight excluding hydrogens is 415 g/mol. The summed E-state index contributed by atoms with van der Waals surface area (Å²) in [6.07, 6.45) is 0. The maximum atomic E-state index is 12.3. The minimum Gasteiger partial charge on any atom is -0.320 e. The number of nitrogens with zero attached hydrogens (tertiary/aromatic N) is 2. The summed E-state index contributed by atoms with van der Waals surface area (Å²) < 4.78 is 0. The van der Waals surface area contributed by atoms with Crippen LogP contribution in [0, 0.1) is 5.92 Å². The molecule has 0 spiro atoms. The second-order valence-corrected chi connectivity index (χ2v) is 8.55. The minimum absolute atomic E-state index is 0.146. The van der Waals surface area contributed by atoms with Gasteiger partial charge in [-0.25, -0.2) is 0 Å². The molecule has 0 aliphatic heterocycles. The summed E-state index contributed by atoms with van der Waals surface area (Å²) in [4.78, 5) is 12.3. The van der Waals surface area contributed by atoms with Gasteiger partial charge in [0, 0.05) is 21.8 Å². The number of halogens is 2. The van der Waals surface area contributed by atoms with E-state index in [4.69, 9.17) is 23.2 Å². The van der Waals surface area contributed by atoms with Crippen molar-refractivity contribution in [2.75, 3.05) is 5.32 Å². The molecule has 0 saturated heterocycles. The maximum absolute atomic E-state index is 12.3. The first-order valence-corrected chi connectivity index (χ1v) is 10.4. The van der Waals surface area contributed by atoms with Crippen LogP contribution >= 0.6 is 34.5 Å². The van der Waals surface area contributed by atoms with Gasteiger partial charge in [0.15, 0.2) is 0 Å². The number of aromatic nitrogens is 2.